The minimum absolute atomic E-state index is 0.183. The highest BCUT2D eigenvalue weighted by Crippen LogP contribution is 2.20. The maximum Gasteiger partial charge on any atom is 0.305 e. The van der Waals surface area contributed by atoms with Crippen molar-refractivity contribution in [2.45, 2.75) is 19.8 Å². The van der Waals surface area contributed by atoms with Crippen LogP contribution in [0.15, 0.2) is 59.1 Å². The smallest absolute Gasteiger partial charge is 0.305 e. The summed E-state index contributed by atoms with van der Waals surface area (Å²) in [6.07, 6.45) is 5.00. The molecule has 3 rings (SSSR count). The number of ether oxygens (including phenoxy) is 2. The Kier molecular flexibility index (Phi) is 7.20. The number of pyridine rings is 1. The first kappa shape index (κ1) is 20.1. The minimum Gasteiger partial charge on any atom is -0.494 e. The summed E-state index contributed by atoms with van der Waals surface area (Å²) in [6.45, 7) is 2.70. The molecule has 5 heteroatoms. The Balaban J connectivity index is 1.60. The monoisotopic (exact) mass is 439 g/mol. The third-order valence-electron chi connectivity index (χ3n) is 4.08. The van der Waals surface area contributed by atoms with Crippen molar-refractivity contribution in [1.82, 2.24) is 4.98 Å². The first-order valence-electron chi connectivity index (χ1n) is 9.27. The van der Waals surface area contributed by atoms with Gasteiger partial charge in [0.2, 0.25) is 0 Å². The molecule has 0 saturated heterocycles. The van der Waals surface area contributed by atoms with Gasteiger partial charge in [0.05, 0.1) is 24.4 Å². The molecule has 0 spiro atoms. The summed E-state index contributed by atoms with van der Waals surface area (Å²) in [6, 6.07) is 18.0. The largest absolute Gasteiger partial charge is 0.494 e. The van der Waals surface area contributed by atoms with E-state index in [1.54, 1.807) is 6.92 Å². The van der Waals surface area contributed by atoms with Gasteiger partial charge in [0, 0.05) is 16.3 Å². The molecule has 0 aliphatic heterocycles. The zero-order chi connectivity index (χ0) is 19.8. The summed E-state index contributed by atoms with van der Waals surface area (Å²) in [4.78, 5) is 16.0. The van der Waals surface area contributed by atoms with Crippen LogP contribution in [-0.4, -0.2) is 24.2 Å². The molecule has 0 fully saturated rings. The van der Waals surface area contributed by atoms with E-state index in [0.29, 0.717) is 26.1 Å². The summed E-state index contributed by atoms with van der Waals surface area (Å²) in [5.41, 5.74) is 2.88. The van der Waals surface area contributed by atoms with Gasteiger partial charge in [0.25, 0.3) is 0 Å². The minimum atomic E-state index is -0.183. The van der Waals surface area contributed by atoms with Crippen molar-refractivity contribution in [2.75, 3.05) is 13.2 Å². The van der Waals surface area contributed by atoms with Crippen LogP contribution in [0.3, 0.4) is 0 Å². The van der Waals surface area contributed by atoms with Gasteiger partial charge in [-0.2, -0.15) is 0 Å². The van der Waals surface area contributed by atoms with E-state index < -0.39 is 0 Å². The molecular formula is C23H22BrNO3. The number of halogens is 1. The van der Waals surface area contributed by atoms with Gasteiger partial charge >= 0.3 is 5.97 Å². The molecule has 0 aliphatic rings. The average molecular weight is 440 g/mol. The zero-order valence-corrected chi connectivity index (χ0v) is 17.3. The lowest BCUT2D eigenvalue weighted by molar-refractivity contribution is -0.143. The molecule has 0 atom stereocenters. The SMILES string of the molecule is CCOC(=O)CCCOc1cccc(C=Cc2ccc3ccc(Br)cc3n2)c1. The molecule has 0 radical (unpaired) electrons. The summed E-state index contributed by atoms with van der Waals surface area (Å²) >= 11 is 3.48. The molecule has 0 bridgehead atoms. The van der Waals surface area contributed by atoms with Crippen molar-refractivity contribution in [3.05, 3.63) is 70.3 Å². The lowest BCUT2D eigenvalue weighted by Gasteiger charge is -2.07. The molecule has 0 unspecified atom stereocenters. The van der Waals surface area contributed by atoms with Gasteiger partial charge in [0.15, 0.2) is 0 Å². The van der Waals surface area contributed by atoms with Crippen LogP contribution in [0.5, 0.6) is 5.75 Å². The molecule has 2 aromatic carbocycles. The van der Waals surface area contributed by atoms with Gasteiger partial charge in [0.1, 0.15) is 5.75 Å². The predicted molar refractivity (Wildman–Crippen MR) is 116 cm³/mol. The number of esters is 1. The van der Waals surface area contributed by atoms with Gasteiger partial charge in [-0.3, -0.25) is 4.79 Å². The normalized spacial score (nSPS) is 11.1. The fourth-order valence-corrected chi connectivity index (χ4v) is 3.08. The number of fused-ring (bicyclic) bond motifs is 1. The van der Waals surface area contributed by atoms with E-state index in [4.69, 9.17) is 9.47 Å². The number of aromatic nitrogens is 1. The number of nitrogens with zero attached hydrogens (tertiary/aromatic N) is 1. The summed E-state index contributed by atoms with van der Waals surface area (Å²) < 4.78 is 11.7. The molecule has 0 N–H and O–H groups in total. The van der Waals surface area contributed by atoms with Crippen LogP contribution >= 0.6 is 15.9 Å². The van der Waals surface area contributed by atoms with Crippen molar-refractivity contribution in [1.29, 1.82) is 0 Å². The molecule has 4 nitrogen and oxygen atoms in total. The third-order valence-corrected chi connectivity index (χ3v) is 4.57. The van der Waals surface area contributed by atoms with Crippen LogP contribution in [-0.2, 0) is 9.53 Å². The average Bonchev–Trinajstić information content (AvgIpc) is 2.70. The highest BCUT2D eigenvalue weighted by molar-refractivity contribution is 9.10. The first-order valence-corrected chi connectivity index (χ1v) is 10.1. The number of hydrogen-bond donors (Lipinski definition) is 0. The summed E-state index contributed by atoms with van der Waals surface area (Å²) in [7, 11) is 0. The Labute approximate surface area is 173 Å². The van der Waals surface area contributed by atoms with Crippen LogP contribution in [0, 0.1) is 0 Å². The molecule has 28 heavy (non-hydrogen) atoms. The third kappa shape index (κ3) is 5.92. The number of carbonyl (C=O) groups excluding carboxylic acids is 1. The molecule has 1 aromatic heterocycles. The Hall–Kier alpha value is -2.66. The predicted octanol–water partition coefficient (Wildman–Crippen LogP) is 5.89. The van der Waals surface area contributed by atoms with Crippen molar-refractivity contribution >= 4 is 45.0 Å². The highest BCUT2D eigenvalue weighted by Gasteiger charge is 2.02. The number of hydrogen-bond acceptors (Lipinski definition) is 4. The quantitative estimate of drug-likeness (QED) is 0.324. The van der Waals surface area contributed by atoms with Crippen molar-refractivity contribution in [3.8, 4) is 5.75 Å². The first-order chi connectivity index (χ1) is 13.6. The Morgan fingerprint density at radius 3 is 2.82 bits per heavy atom. The van der Waals surface area contributed by atoms with Crippen molar-refractivity contribution < 1.29 is 14.3 Å². The molecule has 144 valence electrons. The lowest BCUT2D eigenvalue weighted by Crippen LogP contribution is -2.06. The van der Waals surface area contributed by atoms with E-state index in [1.165, 1.54) is 0 Å². The van der Waals surface area contributed by atoms with Crippen LogP contribution in [0.2, 0.25) is 0 Å². The van der Waals surface area contributed by atoms with Gasteiger partial charge in [-0.1, -0.05) is 46.3 Å². The Morgan fingerprint density at radius 1 is 1.11 bits per heavy atom. The Bertz CT molecular complexity index is 984. The number of benzene rings is 2. The van der Waals surface area contributed by atoms with Crippen molar-refractivity contribution in [2.24, 2.45) is 0 Å². The second-order valence-electron chi connectivity index (χ2n) is 6.24. The van der Waals surface area contributed by atoms with E-state index in [2.05, 4.69) is 27.0 Å². The van der Waals surface area contributed by atoms with Gasteiger partial charge in [-0.05, 0) is 55.3 Å². The molecule has 0 amide bonds. The second kappa shape index (κ2) is 10.0. The van der Waals surface area contributed by atoms with Crippen LogP contribution in [0.4, 0.5) is 0 Å². The fraction of sp³-hybridized carbons (Fsp3) is 0.217. The standard InChI is InChI=1S/C23H22BrNO3/c1-2-27-23(26)7-4-14-28-21-6-3-5-17(15-21)8-12-20-13-10-18-9-11-19(24)16-22(18)25-20/h3,5-6,8-13,15-16H,2,4,7,14H2,1H3. The lowest BCUT2D eigenvalue weighted by atomic mass is 10.1. The van der Waals surface area contributed by atoms with Gasteiger partial charge in [-0.25, -0.2) is 4.98 Å². The van der Waals surface area contributed by atoms with Crippen molar-refractivity contribution in [3.63, 3.8) is 0 Å². The second-order valence-corrected chi connectivity index (χ2v) is 7.15. The molecule has 3 aromatic rings. The van der Waals surface area contributed by atoms with Crippen LogP contribution in [0.1, 0.15) is 31.0 Å². The van der Waals surface area contributed by atoms with Crippen LogP contribution < -0.4 is 4.74 Å². The fourth-order valence-electron chi connectivity index (χ4n) is 2.73. The summed E-state index contributed by atoms with van der Waals surface area (Å²) in [5, 5.41) is 1.11. The van der Waals surface area contributed by atoms with E-state index in [1.807, 2.05) is 60.7 Å². The van der Waals surface area contributed by atoms with Gasteiger partial charge in [-0.15, -0.1) is 0 Å². The molecule has 0 aliphatic carbocycles. The van der Waals surface area contributed by atoms with Crippen LogP contribution in [0.25, 0.3) is 23.1 Å². The van der Waals surface area contributed by atoms with E-state index >= 15 is 0 Å². The van der Waals surface area contributed by atoms with E-state index in [9.17, 15) is 4.79 Å². The maximum atomic E-state index is 11.3. The summed E-state index contributed by atoms with van der Waals surface area (Å²) in [5.74, 6) is 0.596. The van der Waals surface area contributed by atoms with Gasteiger partial charge < -0.3 is 9.47 Å². The topological polar surface area (TPSA) is 48.4 Å². The zero-order valence-electron chi connectivity index (χ0n) is 15.7. The number of rotatable bonds is 8. The maximum absolute atomic E-state index is 11.3. The van der Waals surface area contributed by atoms with E-state index in [0.717, 1.165) is 32.4 Å². The molecule has 1 heterocycles. The number of carbonyl (C=O) groups is 1. The Morgan fingerprint density at radius 2 is 1.96 bits per heavy atom. The molecule has 0 saturated carbocycles. The van der Waals surface area contributed by atoms with E-state index in [-0.39, 0.29) is 5.97 Å². The highest BCUT2D eigenvalue weighted by atomic mass is 79.9. The molecular weight excluding hydrogens is 418 g/mol.